The van der Waals surface area contributed by atoms with E-state index in [1.807, 2.05) is 24.3 Å². The number of H-pyrrole nitrogens is 1. The summed E-state index contributed by atoms with van der Waals surface area (Å²) in [4.78, 5) is 27.3. The van der Waals surface area contributed by atoms with Crippen molar-refractivity contribution >= 4 is 17.6 Å². The van der Waals surface area contributed by atoms with Crippen LogP contribution in [0.25, 0.3) is 0 Å². The Bertz CT molecular complexity index is 765. The zero-order valence-corrected chi connectivity index (χ0v) is 15.0. The summed E-state index contributed by atoms with van der Waals surface area (Å²) in [6.07, 6.45) is 0. The predicted molar refractivity (Wildman–Crippen MR) is 94.7 cm³/mol. The molecule has 0 radical (unpaired) electrons. The Morgan fingerprint density at radius 1 is 1.08 bits per heavy atom. The molecule has 0 aliphatic rings. The van der Waals surface area contributed by atoms with E-state index in [-0.39, 0.29) is 11.3 Å². The van der Waals surface area contributed by atoms with Gasteiger partial charge < -0.3 is 15.0 Å². The molecule has 2 aromatic rings. The van der Waals surface area contributed by atoms with Gasteiger partial charge in [-0.1, -0.05) is 32.9 Å². The molecule has 5 nitrogen and oxygen atoms in total. The van der Waals surface area contributed by atoms with Crippen LogP contribution < -0.4 is 5.32 Å². The van der Waals surface area contributed by atoms with Gasteiger partial charge in [0.2, 0.25) is 0 Å². The molecule has 0 unspecified atom stereocenters. The number of aromatic nitrogens is 1. The van der Waals surface area contributed by atoms with Gasteiger partial charge in [0.05, 0.1) is 12.7 Å². The van der Waals surface area contributed by atoms with Crippen LogP contribution in [-0.4, -0.2) is 24.0 Å². The lowest BCUT2D eigenvalue weighted by atomic mass is 9.87. The third-order valence-electron chi connectivity index (χ3n) is 4.06. The fourth-order valence-electron chi connectivity index (χ4n) is 2.63. The van der Waals surface area contributed by atoms with Crippen LogP contribution in [0.5, 0.6) is 0 Å². The first-order valence-electron chi connectivity index (χ1n) is 7.84. The van der Waals surface area contributed by atoms with Crippen molar-refractivity contribution in [2.75, 3.05) is 12.4 Å². The Kier molecular flexibility index (Phi) is 4.83. The van der Waals surface area contributed by atoms with E-state index in [9.17, 15) is 9.59 Å². The zero-order valence-electron chi connectivity index (χ0n) is 15.0. The van der Waals surface area contributed by atoms with Gasteiger partial charge in [-0.05, 0) is 42.5 Å². The molecule has 5 heteroatoms. The second kappa shape index (κ2) is 6.51. The van der Waals surface area contributed by atoms with E-state index in [4.69, 9.17) is 4.74 Å². The van der Waals surface area contributed by atoms with Crippen LogP contribution in [0.2, 0.25) is 0 Å². The minimum atomic E-state index is -0.449. The van der Waals surface area contributed by atoms with E-state index >= 15 is 0 Å². The van der Waals surface area contributed by atoms with Gasteiger partial charge in [-0.3, -0.25) is 4.79 Å². The molecule has 0 fully saturated rings. The van der Waals surface area contributed by atoms with Gasteiger partial charge in [-0.25, -0.2) is 4.79 Å². The summed E-state index contributed by atoms with van der Waals surface area (Å²) < 4.78 is 4.76. The number of amides is 1. The highest BCUT2D eigenvalue weighted by atomic mass is 16.5. The van der Waals surface area contributed by atoms with Crippen molar-refractivity contribution in [1.82, 2.24) is 4.98 Å². The highest BCUT2D eigenvalue weighted by Crippen LogP contribution is 2.24. The third-order valence-corrected chi connectivity index (χ3v) is 4.06. The first kappa shape index (κ1) is 17.8. The van der Waals surface area contributed by atoms with Gasteiger partial charge in [0.1, 0.15) is 5.69 Å². The molecule has 1 aromatic heterocycles. The van der Waals surface area contributed by atoms with Crippen LogP contribution >= 0.6 is 0 Å². The molecule has 0 atom stereocenters. The van der Waals surface area contributed by atoms with Crippen molar-refractivity contribution < 1.29 is 14.3 Å². The minimum Gasteiger partial charge on any atom is -0.465 e. The number of rotatable bonds is 3. The summed E-state index contributed by atoms with van der Waals surface area (Å²) in [5.41, 5.74) is 3.94. The van der Waals surface area contributed by atoms with Gasteiger partial charge >= 0.3 is 5.97 Å². The minimum absolute atomic E-state index is 0.0606. The fraction of sp³-hybridized carbons (Fsp3) is 0.368. The molecule has 1 aromatic carbocycles. The number of nitrogens with one attached hydrogen (secondary N) is 2. The summed E-state index contributed by atoms with van der Waals surface area (Å²) >= 11 is 0. The maximum absolute atomic E-state index is 12.5. The molecule has 2 N–H and O–H groups in total. The quantitative estimate of drug-likeness (QED) is 0.838. The van der Waals surface area contributed by atoms with Crippen molar-refractivity contribution in [2.24, 2.45) is 0 Å². The summed E-state index contributed by atoms with van der Waals surface area (Å²) in [6, 6.07) is 7.76. The lowest BCUT2D eigenvalue weighted by molar-refractivity contribution is 0.0599. The largest absolute Gasteiger partial charge is 0.465 e. The average Bonchev–Trinajstić information content (AvgIpc) is 2.81. The number of ether oxygens (including phenoxy) is 1. The molecule has 128 valence electrons. The van der Waals surface area contributed by atoms with Crippen LogP contribution in [-0.2, 0) is 10.2 Å². The number of hydrogen-bond donors (Lipinski definition) is 2. The molecule has 24 heavy (non-hydrogen) atoms. The lowest BCUT2D eigenvalue weighted by Gasteiger charge is -2.19. The van der Waals surface area contributed by atoms with Gasteiger partial charge in [0, 0.05) is 11.4 Å². The standard InChI is InChI=1S/C19H24N2O3/c1-11-15(18(23)24-6)12(2)20-16(11)17(22)21-14-9-7-13(8-10-14)19(3,4)5/h7-10,20H,1-6H3,(H,21,22). The maximum atomic E-state index is 12.5. The Morgan fingerprint density at radius 2 is 1.67 bits per heavy atom. The molecule has 0 saturated heterocycles. The summed E-state index contributed by atoms with van der Waals surface area (Å²) in [5, 5.41) is 2.85. The maximum Gasteiger partial charge on any atom is 0.339 e. The van der Waals surface area contributed by atoms with Crippen molar-refractivity contribution in [3.05, 3.63) is 52.3 Å². The average molecular weight is 328 g/mol. The highest BCUT2D eigenvalue weighted by molar-refractivity contribution is 6.06. The van der Waals surface area contributed by atoms with Gasteiger partial charge in [0.15, 0.2) is 0 Å². The Balaban J connectivity index is 2.23. The molecule has 0 aliphatic heterocycles. The first-order valence-corrected chi connectivity index (χ1v) is 7.84. The van der Waals surface area contributed by atoms with Crippen LogP contribution in [0, 0.1) is 13.8 Å². The molecule has 0 bridgehead atoms. The fourth-order valence-corrected chi connectivity index (χ4v) is 2.63. The monoisotopic (exact) mass is 328 g/mol. The van der Waals surface area contributed by atoms with E-state index < -0.39 is 5.97 Å². The number of aryl methyl sites for hydroxylation is 1. The smallest absolute Gasteiger partial charge is 0.339 e. The summed E-state index contributed by atoms with van der Waals surface area (Å²) in [7, 11) is 1.32. The number of carbonyl (C=O) groups is 2. The van der Waals surface area contributed by atoms with Crippen molar-refractivity contribution in [1.29, 1.82) is 0 Å². The molecular formula is C19H24N2O3. The zero-order chi connectivity index (χ0) is 18.1. The highest BCUT2D eigenvalue weighted by Gasteiger charge is 2.22. The van der Waals surface area contributed by atoms with Crippen LogP contribution in [0.1, 0.15) is 58.4 Å². The second-order valence-corrected chi connectivity index (χ2v) is 6.90. The molecule has 1 heterocycles. The number of anilines is 1. The van der Waals surface area contributed by atoms with Crippen LogP contribution in [0.3, 0.4) is 0 Å². The van der Waals surface area contributed by atoms with Crippen molar-refractivity contribution in [3.8, 4) is 0 Å². The van der Waals surface area contributed by atoms with E-state index in [1.54, 1.807) is 13.8 Å². The second-order valence-electron chi connectivity index (χ2n) is 6.90. The normalized spacial score (nSPS) is 11.2. The molecule has 0 saturated carbocycles. The molecule has 0 spiro atoms. The number of benzene rings is 1. The number of esters is 1. The number of hydrogen-bond acceptors (Lipinski definition) is 3. The van der Waals surface area contributed by atoms with E-state index in [0.717, 1.165) is 0 Å². The van der Waals surface area contributed by atoms with Crippen LogP contribution in [0.15, 0.2) is 24.3 Å². The Hall–Kier alpha value is -2.56. The van der Waals surface area contributed by atoms with Crippen molar-refractivity contribution in [3.63, 3.8) is 0 Å². The van der Waals surface area contributed by atoms with Gasteiger partial charge in [-0.15, -0.1) is 0 Å². The van der Waals surface area contributed by atoms with E-state index in [2.05, 4.69) is 31.1 Å². The number of carbonyl (C=O) groups excluding carboxylic acids is 2. The van der Waals surface area contributed by atoms with E-state index in [1.165, 1.54) is 12.7 Å². The molecule has 0 aliphatic carbocycles. The predicted octanol–water partition coefficient (Wildman–Crippen LogP) is 3.97. The Labute approximate surface area is 142 Å². The SMILES string of the molecule is COC(=O)c1c(C)[nH]c(C(=O)Nc2ccc(C(C)(C)C)cc2)c1C. The summed E-state index contributed by atoms with van der Waals surface area (Å²) in [6.45, 7) is 9.89. The van der Waals surface area contributed by atoms with E-state index in [0.29, 0.717) is 28.2 Å². The molecule has 1 amide bonds. The topological polar surface area (TPSA) is 71.2 Å². The lowest BCUT2D eigenvalue weighted by Crippen LogP contribution is -2.15. The van der Waals surface area contributed by atoms with Crippen molar-refractivity contribution in [2.45, 2.75) is 40.0 Å². The molecular weight excluding hydrogens is 304 g/mol. The van der Waals surface area contributed by atoms with Gasteiger partial charge in [-0.2, -0.15) is 0 Å². The first-order chi connectivity index (χ1) is 11.1. The van der Waals surface area contributed by atoms with Crippen LogP contribution in [0.4, 0.5) is 5.69 Å². The van der Waals surface area contributed by atoms with Gasteiger partial charge in [0.25, 0.3) is 5.91 Å². The third kappa shape index (κ3) is 3.50. The Morgan fingerprint density at radius 3 is 2.17 bits per heavy atom. The molecule has 2 rings (SSSR count). The number of methoxy groups -OCH3 is 1. The summed E-state index contributed by atoms with van der Waals surface area (Å²) in [5.74, 6) is -0.732. The number of aromatic amines is 1.